The van der Waals surface area contributed by atoms with Crippen molar-refractivity contribution in [3.8, 4) is 0 Å². The van der Waals surface area contributed by atoms with Gasteiger partial charge in [-0.25, -0.2) is 0 Å². The molecule has 0 aromatic carbocycles. The van der Waals surface area contributed by atoms with Crippen LogP contribution >= 0.6 is 0 Å². The maximum atomic E-state index is 9.62. The van der Waals surface area contributed by atoms with Crippen LogP contribution in [0.2, 0.25) is 0 Å². The Bertz CT molecular complexity index is 209. The number of aliphatic hydroxyl groups is 1. The molecule has 0 amide bonds. The van der Waals surface area contributed by atoms with Crippen molar-refractivity contribution in [2.75, 3.05) is 13.2 Å². The fraction of sp³-hybridized carbons (Fsp3) is 1.00. The molecule has 16 heavy (non-hydrogen) atoms. The van der Waals surface area contributed by atoms with E-state index in [4.69, 9.17) is 0 Å². The summed E-state index contributed by atoms with van der Waals surface area (Å²) in [4.78, 5) is 0. The van der Waals surface area contributed by atoms with Crippen molar-refractivity contribution in [2.24, 2.45) is 11.3 Å². The first kappa shape index (κ1) is 14.0. The van der Waals surface area contributed by atoms with Gasteiger partial charge in [-0.05, 0) is 43.6 Å². The SMILES string of the molecule is CCNC1(CO)CCCC(C(C)(C)C)CC1. The highest BCUT2D eigenvalue weighted by atomic mass is 16.3. The normalized spacial score (nSPS) is 32.4. The van der Waals surface area contributed by atoms with Gasteiger partial charge in [0.25, 0.3) is 0 Å². The lowest BCUT2D eigenvalue weighted by Gasteiger charge is -2.33. The van der Waals surface area contributed by atoms with Crippen LogP contribution < -0.4 is 5.32 Å². The zero-order valence-corrected chi connectivity index (χ0v) is 11.5. The summed E-state index contributed by atoms with van der Waals surface area (Å²) >= 11 is 0. The third-order valence-corrected chi connectivity index (χ3v) is 4.26. The molecule has 1 saturated carbocycles. The highest BCUT2D eigenvalue weighted by Gasteiger charge is 2.35. The summed E-state index contributed by atoms with van der Waals surface area (Å²) in [6.45, 7) is 10.4. The lowest BCUT2D eigenvalue weighted by atomic mass is 9.76. The van der Waals surface area contributed by atoms with E-state index in [-0.39, 0.29) is 12.1 Å². The molecule has 2 unspecified atom stereocenters. The minimum Gasteiger partial charge on any atom is -0.394 e. The van der Waals surface area contributed by atoms with Crippen LogP contribution in [-0.4, -0.2) is 23.8 Å². The number of rotatable bonds is 3. The standard InChI is InChI=1S/C14H29NO/c1-5-15-14(11-16)9-6-7-12(8-10-14)13(2,3)4/h12,15-16H,5-11H2,1-4H3. The average molecular weight is 227 g/mol. The van der Waals surface area contributed by atoms with Crippen molar-refractivity contribution < 1.29 is 5.11 Å². The molecule has 1 aliphatic carbocycles. The van der Waals surface area contributed by atoms with E-state index < -0.39 is 0 Å². The summed E-state index contributed by atoms with van der Waals surface area (Å²) in [6.07, 6.45) is 6.06. The Labute approximate surface area is 101 Å². The summed E-state index contributed by atoms with van der Waals surface area (Å²) in [5, 5.41) is 13.1. The molecule has 0 spiro atoms. The third kappa shape index (κ3) is 3.46. The Morgan fingerprint density at radius 2 is 1.94 bits per heavy atom. The number of hydrogen-bond acceptors (Lipinski definition) is 2. The van der Waals surface area contributed by atoms with Crippen LogP contribution in [0, 0.1) is 11.3 Å². The van der Waals surface area contributed by atoms with Crippen molar-refractivity contribution >= 4 is 0 Å². The van der Waals surface area contributed by atoms with Crippen molar-refractivity contribution in [1.82, 2.24) is 5.32 Å². The molecule has 1 aliphatic rings. The topological polar surface area (TPSA) is 32.3 Å². The molecule has 0 aliphatic heterocycles. The van der Waals surface area contributed by atoms with Gasteiger partial charge in [-0.1, -0.05) is 34.1 Å². The van der Waals surface area contributed by atoms with Gasteiger partial charge in [-0.15, -0.1) is 0 Å². The molecule has 2 nitrogen and oxygen atoms in total. The van der Waals surface area contributed by atoms with Crippen molar-refractivity contribution in [2.45, 2.75) is 65.3 Å². The van der Waals surface area contributed by atoms with Crippen molar-refractivity contribution in [3.63, 3.8) is 0 Å². The molecule has 0 bridgehead atoms. The zero-order valence-electron chi connectivity index (χ0n) is 11.5. The summed E-state index contributed by atoms with van der Waals surface area (Å²) in [5.74, 6) is 0.805. The number of nitrogens with one attached hydrogen (secondary N) is 1. The smallest absolute Gasteiger partial charge is 0.0613 e. The molecule has 0 saturated heterocycles. The van der Waals surface area contributed by atoms with Crippen LogP contribution in [0.3, 0.4) is 0 Å². The van der Waals surface area contributed by atoms with Crippen molar-refractivity contribution in [1.29, 1.82) is 0 Å². The van der Waals surface area contributed by atoms with Gasteiger partial charge in [0, 0.05) is 5.54 Å². The van der Waals surface area contributed by atoms with Gasteiger partial charge in [0.15, 0.2) is 0 Å². The first-order valence-electron chi connectivity index (χ1n) is 6.79. The molecular formula is C14H29NO. The molecule has 2 N–H and O–H groups in total. The molecular weight excluding hydrogens is 198 g/mol. The van der Waals surface area contributed by atoms with Crippen LogP contribution in [0.25, 0.3) is 0 Å². The van der Waals surface area contributed by atoms with Gasteiger partial charge in [-0.3, -0.25) is 0 Å². The van der Waals surface area contributed by atoms with Gasteiger partial charge < -0.3 is 10.4 Å². The molecule has 2 heteroatoms. The largest absolute Gasteiger partial charge is 0.394 e. The minimum atomic E-state index is 0.00868. The Morgan fingerprint density at radius 1 is 1.25 bits per heavy atom. The molecule has 0 heterocycles. The van der Waals surface area contributed by atoms with E-state index in [9.17, 15) is 5.11 Å². The highest BCUT2D eigenvalue weighted by molar-refractivity contribution is 4.92. The first-order chi connectivity index (χ1) is 7.43. The number of hydrogen-bond donors (Lipinski definition) is 2. The summed E-state index contributed by atoms with van der Waals surface area (Å²) in [5.41, 5.74) is 0.423. The van der Waals surface area contributed by atoms with Gasteiger partial charge in [-0.2, -0.15) is 0 Å². The van der Waals surface area contributed by atoms with Gasteiger partial charge in [0.05, 0.1) is 6.61 Å². The monoisotopic (exact) mass is 227 g/mol. The predicted octanol–water partition coefficient (Wildman–Crippen LogP) is 2.95. The van der Waals surface area contributed by atoms with E-state index in [0.29, 0.717) is 5.41 Å². The van der Waals surface area contributed by atoms with E-state index in [1.54, 1.807) is 0 Å². The van der Waals surface area contributed by atoms with Gasteiger partial charge in [0.2, 0.25) is 0 Å². The maximum Gasteiger partial charge on any atom is 0.0613 e. The van der Waals surface area contributed by atoms with Crippen LogP contribution in [0.15, 0.2) is 0 Å². The second kappa shape index (κ2) is 5.50. The summed E-state index contributed by atoms with van der Waals surface area (Å²) in [7, 11) is 0. The summed E-state index contributed by atoms with van der Waals surface area (Å²) < 4.78 is 0. The van der Waals surface area contributed by atoms with E-state index in [1.165, 1.54) is 19.3 Å². The lowest BCUT2D eigenvalue weighted by Crippen LogP contribution is -2.48. The highest BCUT2D eigenvalue weighted by Crippen LogP contribution is 2.39. The van der Waals surface area contributed by atoms with E-state index in [0.717, 1.165) is 25.3 Å². The average Bonchev–Trinajstić information content (AvgIpc) is 2.41. The Kier molecular flexibility index (Phi) is 4.81. The zero-order chi connectivity index (χ0) is 12.2. The number of aliphatic hydroxyl groups excluding tert-OH is 1. The fourth-order valence-corrected chi connectivity index (χ4v) is 3.04. The molecule has 2 atom stereocenters. The van der Waals surface area contributed by atoms with E-state index in [1.807, 2.05) is 0 Å². The third-order valence-electron chi connectivity index (χ3n) is 4.26. The molecule has 0 aromatic heterocycles. The van der Waals surface area contributed by atoms with Crippen LogP contribution in [0.5, 0.6) is 0 Å². The van der Waals surface area contributed by atoms with E-state index >= 15 is 0 Å². The Morgan fingerprint density at radius 3 is 2.44 bits per heavy atom. The number of likely N-dealkylation sites (N-methyl/N-ethyl adjacent to an activating group) is 1. The molecule has 0 radical (unpaired) electrons. The first-order valence-corrected chi connectivity index (χ1v) is 6.79. The van der Waals surface area contributed by atoms with Crippen LogP contribution in [0.1, 0.15) is 59.8 Å². The molecule has 96 valence electrons. The predicted molar refractivity (Wildman–Crippen MR) is 69.5 cm³/mol. The van der Waals surface area contributed by atoms with Gasteiger partial charge >= 0.3 is 0 Å². The van der Waals surface area contributed by atoms with Gasteiger partial charge in [0.1, 0.15) is 0 Å². The minimum absolute atomic E-state index is 0.00868. The Balaban J connectivity index is 2.63. The molecule has 0 aromatic rings. The van der Waals surface area contributed by atoms with Crippen LogP contribution in [-0.2, 0) is 0 Å². The molecule has 1 fully saturated rings. The Hall–Kier alpha value is -0.0800. The second-order valence-electron chi connectivity index (χ2n) is 6.46. The van der Waals surface area contributed by atoms with E-state index in [2.05, 4.69) is 33.0 Å². The maximum absolute atomic E-state index is 9.62. The lowest BCUT2D eigenvalue weighted by molar-refractivity contribution is 0.139. The summed E-state index contributed by atoms with van der Waals surface area (Å²) in [6, 6.07) is 0. The second-order valence-corrected chi connectivity index (χ2v) is 6.46. The van der Waals surface area contributed by atoms with Crippen LogP contribution in [0.4, 0.5) is 0 Å². The quantitative estimate of drug-likeness (QED) is 0.727. The fourth-order valence-electron chi connectivity index (χ4n) is 3.04. The van der Waals surface area contributed by atoms with Crippen molar-refractivity contribution in [3.05, 3.63) is 0 Å². The molecule has 1 rings (SSSR count).